The topological polar surface area (TPSA) is 55.4 Å². The van der Waals surface area contributed by atoms with Crippen molar-refractivity contribution in [2.75, 3.05) is 11.9 Å². The van der Waals surface area contributed by atoms with Crippen LogP contribution in [0.25, 0.3) is 0 Å². The Labute approximate surface area is 130 Å². The summed E-state index contributed by atoms with van der Waals surface area (Å²) >= 11 is 0. The van der Waals surface area contributed by atoms with E-state index in [-0.39, 0.29) is 18.9 Å². The minimum absolute atomic E-state index is 0.171. The summed E-state index contributed by atoms with van der Waals surface area (Å²) in [6.45, 7) is 3.56. The van der Waals surface area contributed by atoms with Gasteiger partial charge in [-0.3, -0.25) is 9.59 Å². The number of hydrogen-bond acceptors (Lipinski definition) is 3. The van der Waals surface area contributed by atoms with Gasteiger partial charge in [0.1, 0.15) is 0 Å². The van der Waals surface area contributed by atoms with E-state index in [1.165, 1.54) is 0 Å². The second kappa shape index (κ2) is 7.41. The van der Waals surface area contributed by atoms with Gasteiger partial charge in [-0.2, -0.15) is 0 Å². The molecule has 0 aliphatic carbocycles. The maximum absolute atomic E-state index is 11.8. The van der Waals surface area contributed by atoms with Gasteiger partial charge in [-0.1, -0.05) is 42.5 Å². The molecular weight excluding hydrogens is 278 g/mol. The zero-order chi connectivity index (χ0) is 15.9. The molecule has 4 heteroatoms. The Bertz CT molecular complexity index is 620. The summed E-state index contributed by atoms with van der Waals surface area (Å²) in [6.07, 6.45) is 0.171. The van der Waals surface area contributed by atoms with Crippen molar-refractivity contribution in [3.8, 4) is 0 Å². The standard InChI is InChI=1S/C18H19NO3/c1-13-7-3-5-9-15(13)11-18(21)22-12-17(20)19-16-10-6-4-8-14(16)2/h3-10H,11-12H2,1-2H3,(H,19,20). The molecule has 0 radical (unpaired) electrons. The van der Waals surface area contributed by atoms with E-state index in [0.29, 0.717) is 0 Å². The zero-order valence-electron chi connectivity index (χ0n) is 12.8. The van der Waals surface area contributed by atoms with E-state index in [0.717, 1.165) is 22.4 Å². The van der Waals surface area contributed by atoms with Crippen molar-refractivity contribution < 1.29 is 14.3 Å². The average molecular weight is 297 g/mol. The molecule has 0 atom stereocenters. The SMILES string of the molecule is Cc1ccccc1CC(=O)OCC(=O)Nc1ccccc1C. The lowest BCUT2D eigenvalue weighted by molar-refractivity contribution is -0.146. The Kier molecular flexibility index (Phi) is 5.31. The smallest absolute Gasteiger partial charge is 0.310 e. The second-order valence-electron chi connectivity index (χ2n) is 5.13. The van der Waals surface area contributed by atoms with Crippen molar-refractivity contribution in [3.05, 3.63) is 65.2 Å². The molecule has 114 valence electrons. The predicted molar refractivity (Wildman–Crippen MR) is 85.7 cm³/mol. The molecule has 1 N–H and O–H groups in total. The zero-order valence-corrected chi connectivity index (χ0v) is 12.8. The summed E-state index contributed by atoms with van der Waals surface area (Å²) in [4.78, 5) is 23.6. The van der Waals surface area contributed by atoms with Crippen molar-refractivity contribution in [2.24, 2.45) is 0 Å². The van der Waals surface area contributed by atoms with E-state index in [1.54, 1.807) is 0 Å². The van der Waals surface area contributed by atoms with Gasteiger partial charge in [0.25, 0.3) is 5.91 Å². The van der Waals surface area contributed by atoms with Crippen LogP contribution in [0.5, 0.6) is 0 Å². The minimum Gasteiger partial charge on any atom is -0.455 e. The van der Waals surface area contributed by atoms with Crippen molar-refractivity contribution in [1.29, 1.82) is 0 Å². The van der Waals surface area contributed by atoms with Crippen LogP contribution in [0.2, 0.25) is 0 Å². The average Bonchev–Trinajstić information content (AvgIpc) is 2.50. The first-order chi connectivity index (χ1) is 10.6. The highest BCUT2D eigenvalue weighted by atomic mass is 16.5. The lowest BCUT2D eigenvalue weighted by Gasteiger charge is -2.09. The number of carbonyl (C=O) groups is 2. The monoisotopic (exact) mass is 297 g/mol. The molecule has 0 fully saturated rings. The first kappa shape index (κ1) is 15.8. The third kappa shape index (κ3) is 4.45. The Morgan fingerprint density at radius 1 is 0.955 bits per heavy atom. The van der Waals surface area contributed by atoms with Crippen molar-refractivity contribution in [2.45, 2.75) is 20.3 Å². The third-order valence-corrected chi connectivity index (χ3v) is 3.38. The van der Waals surface area contributed by atoms with E-state index < -0.39 is 5.97 Å². The molecule has 0 bridgehead atoms. The molecule has 0 aliphatic heterocycles. The number of esters is 1. The van der Waals surface area contributed by atoms with Crippen molar-refractivity contribution in [1.82, 2.24) is 0 Å². The van der Waals surface area contributed by atoms with E-state index in [4.69, 9.17) is 4.74 Å². The van der Waals surface area contributed by atoms with Gasteiger partial charge in [-0.05, 0) is 36.6 Å². The Morgan fingerprint density at radius 3 is 2.27 bits per heavy atom. The van der Waals surface area contributed by atoms with Crippen LogP contribution in [-0.2, 0) is 20.7 Å². The first-order valence-corrected chi connectivity index (χ1v) is 7.12. The summed E-state index contributed by atoms with van der Waals surface area (Å²) in [6, 6.07) is 15.1. The van der Waals surface area contributed by atoms with Crippen LogP contribution in [-0.4, -0.2) is 18.5 Å². The Morgan fingerprint density at radius 2 is 1.59 bits per heavy atom. The molecule has 2 rings (SSSR count). The molecule has 2 aromatic rings. The number of carbonyl (C=O) groups excluding carboxylic acids is 2. The number of ether oxygens (including phenoxy) is 1. The van der Waals surface area contributed by atoms with Gasteiger partial charge in [-0.25, -0.2) is 0 Å². The molecule has 22 heavy (non-hydrogen) atoms. The first-order valence-electron chi connectivity index (χ1n) is 7.12. The molecule has 0 aliphatic rings. The Balaban J connectivity index is 1.82. The highest BCUT2D eigenvalue weighted by Gasteiger charge is 2.10. The number of para-hydroxylation sites is 1. The number of rotatable bonds is 5. The molecule has 1 amide bonds. The third-order valence-electron chi connectivity index (χ3n) is 3.38. The van der Waals surface area contributed by atoms with Gasteiger partial charge >= 0.3 is 5.97 Å². The lowest BCUT2D eigenvalue weighted by atomic mass is 10.1. The maximum atomic E-state index is 11.8. The molecule has 4 nitrogen and oxygen atoms in total. The van der Waals surface area contributed by atoms with Gasteiger partial charge in [0.2, 0.25) is 0 Å². The van der Waals surface area contributed by atoms with Crippen LogP contribution in [0.3, 0.4) is 0 Å². The number of aryl methyl sites for hydroxylation is 2. The number of hydrogen-bond donors (Lipinski definition) is 1. The van der Waals surface area contributed by atoms with Gasteiger partial charge < -0.3 is 10.1 Å². The summed E-state index contributed by atoms with van der Waals surface area (Å²) in [5, 5.41) is 2.72. The summed E-state index contributed by atoms with van der Waals surface area (Å²) in [7, 11) is 0. The van der Waals surface area contributed by atoms with Crippen molar-refractivity contribution >= 4 is 17.6 Å². The molecule has 0 spiro atoms. The number of benzene rings is 2. The maximum Gasteiger partial charge on any atom is 0.310 e. The van der Waals surface area contributed by atoms with E-state index in [1.807, 2.05) is 62.4 Å². The normalized spacial score (nSPS) is 10.1. The fourth-order valence-corrected chi connectivity index (χ4v) is 2.06. The molecule has 0 saturated heterocycles. The Hall–Kier alpha value is -2.62. The van der Waals surface area contributed by atoms with E-state index in [2.05, 4.69) is 5.32 Å². The van der Waals surface area contributed by atoms with Gasteiger partial charge in [0.15, 0.2) is 6.61 Å². The van der Waals surface area contributed by atoms with E-state index >= 15 is 0 Å². The molecule has 0 aromatic heterocycles. The van der Waals surface area contributed by atoms with E-state index in [9.17, 15) is 9.59 Å². The van der Waals surface area contributed by atoms with Crippen LogP contribution >= 0.6 is 0 Å². The lowest BCUT2D eigenvalue weighted by Crippen LogP contribution is -2.22. The second-order valence-corrected chi connectivity index (χ2v) is 5.13. The summed E-state index contributed by atoms with van der Waals surface area (Å²) in [5.41, 5.74) is 3.63. The van der Waals surface area contributed by atoms with Crippen LogP contribution in [0.15, 0.2) is 48.5 Å². The number of amides is 1. The minimum atomic E-state index is -0.408. The largest absolute Gasteiger partial charge is 0.455 e. The van der Waals surface area contributed by atoms with Gasteiger partial charge in [0.05, 0.1) is 6.42 Å². The molecule has 2 aromatic carbocycles. The summed E-state index contributed by atoms with van der Waals surface area (Å²) in [5.74, 6) is -0.748. The summed E-state index contributed by atoms with van der Waals surface area (Å²) < 4.78 is 5.02. The van der Waals surface area contributed by atoms with Crippen LogP contribution in [0, 0.1) is 13.8 Å². The van der Waals surface area contributed by atoms with Crippen LogP contribution in [0.1, 0.15) is 16.7 Å². The fourth-order valence-electron chi connectivity index (χ4n) is 2.06. The number of anilines is 1. The highest BCUT2D eigenvalue weighted by Crippen LogP contribution is 2.13. The van der Waals surface area contributed by atoms with Crippen molar-refractivity contribution in [3.63, 3.8) is 0 Å². The predicted octanol–water partition coefficient (Wildman–Crippen LogP) is 3.03. The van der Waals surface area contributed by atoms with Gasteiger partial charge in [0, 0.05) is 5.69 Å². The van der Waals surface area contributed by atoms with Gasteiger partial charge in [-0.15, -0.1) is 0 Å². The quantitative estimate of drug-likeness (QED) is 0.863. The highest BCUT2D eigenvalue weighted by molar-refractivity contribution is 5.93. The molecular formula is C18H19NO3. The van der Waals surface area contributed by atoms with Crippen LogP contribution < -0.4 is 5.32 Å². The van der Waals surface area contributed by atoms with Crippen LogP contribution in [0.4, 0.5) is 5.69 Å². The molecule has 0 heterocycles. The molecule has 0 unspecified atom stereocenters. The molecule has 0 saturated carbocycles. The fraction of sp³-hybridized carbons (Fsp3) is 0.222. The number of nitrogens with one attached hydrogen (secondary N) is 1.